The van der Waals surface area contributed by atoms with Crippen molar-refractivity contribution in [1.82, 2.24) is 18.7 Å². The van der Waals surface area contributed by atoms with Crippen LogP contribution in [0.25, 0.3) is 11.2 Å². The van der Waals surface area contributed by atoms with Gasteiger partial charge >= 0.3 is 5.69 Å². The molecule has 0 amide bonds. The first-order valence-electron chi connectivity index (χ1n) is 10.3. The van der Waals surface area contributed by atoms with Crippen LogP contribution < -0.4 is 16.1 Å². The molecule has 4 aromatic rings. The van der Waals surface area contributed by atoms with Gasteiger partial charge in [0.05, 0.1) is 6.54 Å². The van der Waals surface area contributed by atoms with Crippen LogP contribution in [0.4, 0.5) is 10.3 Å². The number of aromatic nitrogens is 4. The molecule has 5 rings (SSSR count). The lowest BCUT2D eigenvalue weighted by atomic mass is 10.2. The Hall–Kier alpha value is -3.68. The summed E-state index contributed by atoms with van der Waals surface area (Å²) in [5.74, 6) is 0.238. The van der Waals surface area contributed by atoms with Gasteiger partial charge < -0.3 is 9.47 Å². The molecular weight excluding hydrogens is 397 g/mol. The lowest BCUT2D eigenvalue weighted by Crippen LogP contribution is -2.40. The average molecular weight is 419 g/mol. The number of nitrogens with zero attached hydrogens (tertiary/aromatic N) is 5. The van der Waals surface area contributed by atoms with Crippen LogP contribution in [-0.4, -0.2) is 25.2 Å². The van der Waals surface area contributed by atoms with E-state index in [4.69, 9.17) is 0 Å². The first kappa shape index (κ1) is 19.3. The molecule has 0 fully saturated rings. The third kappa shape index (κ3) is 3.24. The van der Waals surface area contributed by atoms with E-state index in [2.05, 4.69) is 22.0 Å². The number of rotatable bonds is 4. The molecular formula is C23H22FN5O2. The summed E-state index contributed by atoms with van der Waals surface area (Å²) in [5, 5.41) is 0. The van der Waals surface area contributed by atoms with E-state index >= 15 is 0 Å². The third-order valence-electron chi connectivity index (χ3n) is 5.81. The molecule has 0 spiro atoms. The van der Waals surface area contributed by atoms with Gasteiger partial charge in [0.15, 0.2) is 11.2 Å². The summed E-state index contributed by atoms with van der Waals surface area (Å²) < 4.78 is 18.5. The molecule has 158 valence electrons. The van der Waals surface area contributed by atoms with E-state index in [9.17, 15) is 14.0 Å². The number of imidazole rings is 1. The molecule has 31 heavy (non-hydrogen) atoms. The smallest absolute Gasteiger partial charge is 0.332 e. The largest absolute Gasteiger partial charge is 0.338 e. The standard InChI is InChI=1S/C23H22FN5O2/c1-26-20-19(21(30)29(23(26)31)15-17-10-5-6-11-18(17)24)28-13-7-12-27(22(28)25-20)14-16-8-3-2-4-9-16/h2-6,8-11H,7,12-15H2,1H3. The molecule has 0 saturated heterocycles. The molecule has 8 heteroatoms. The molecule has 3 heterocycles. The minimum atomic E-state index is -0.509. The van der Waals surface area contributed by atoms with Crippen molar-refractivity contribution in [2.45, 2.75) is 26.1 Å². The van der Waals surface area contributed by atoms with Crippen molar-refractivity contribution in [3.63, 3.8) is 0 Å². The van der Waals surface area contributed by atoms with Crippen molar-refractivity contribution in [2.24, 2.45) is 7.05 Å². The van der Waals surface area contributed by atoms with Gasteiger partial charge in [-0.25, -0.2) is 9.18 Å². The van der Waals surface area contributed by atoms with Gasteiger partial charge in [-0.05, 0) is 18.1 Å². The molecule has 2 aromatic carbocycles. The second-order valence-electron chi connectivity index (χ2n) is 7.82. The van der Waals surface area contributed by atoms with Gasteiger partial charge in [0.2, 0.25) is 5.95 Å². The molecule has 0 N–H and O–H groups in total. The van der Waals surface area contributed by atoms with Crippen LogP contribution in [0.5, 0.6) is 0 Å². The molecule has 0 aliphatic carbocycles. The molecule has 1 aliphatic rings. The topological polar surface area (TPSA) is 65.1 Å². The van der Waals surface area contributed by atoms with E-state index in [0.29, 0.717) is 35.8 Å². The number of hydrogen-bond donors (Lipinski definition) is 0. The van der Waals surface area contributed by atoms with Gasteiger partial charge in [-0.2, -0.15) is 4.98 Å². The number of aryl methyl sites for hydroxylation is 2. The maximum Gasteiger partial charge on any atom is 0.332 e. The monoisotopic (exact) mass is 419 g/mol. The molecule has 2 aromatic heterocycles. The van der Waals surface area contributed by atoms with Gasteiger partial charge in [0.25, 0.3) is 5.56 Å². The van der Waals surface area contributed by atoms with E-state index in [1.807, 2.05) is 22.8 Å². The zero-order valence-corrected chi connectivity index (χ0v) is 17.2. The highest BCUT2D eigenvalue weighted by Crippen LogP contribution is 2.25. The van der Waals surface area contributed by atoms with Gasteiger partial charge in [0.1, 0.15) is 5.82 Å². The van der Waals surface area contributed by atoms with Gasteiger partial charge in [-0.1, -0.05) is 48.5 Å². The highest BCUT2D eigenvalue weighted by molar-refractivity contribution is 5.75. The number of halogens is 1. The maximum absolute atomic E-state index is 14.2. The molecule has 0 radical (unpaired) electrons. The first-order chi connectivity index (χ1) is 15.0. The molecule has 0 bridgehead atoms. The Morgan fingerprint density at radius 1 is 0.968 bits per heavy atom. The second-order valence-corrected chi connectivity index (χ2v) is 7.82. The van der Waals surface area contributed by atoms with Crippen LogP contribution in [0, 0.1) is 5.82 Å². The Bertz CT molecular complexity index is 1390. The molecule has 7 nitrogen and oxygen atoms in total. The third-order valence-corrected chi connectivity index (χ3v) is 5.81. The van der Waals surface area contributed by atoms with Crippen molar-refractivity contribution in [3.05, 3.63) is 92.4 Å². The fraction of sp³-hybridized carbons (Fsp3) is 0.261. The van der Waals surface area contributed by atoms with Crippen molar-refractivity contribution >= 4 is 17.1 Å². The van der Waals surface area contributed by atoms with Crippen LogP contribution in [0.2, 0.25) is 0 Å². The number of anilines is 1. The van der Waals surface area contributed by atoms with Crippen LogP contribution in [0.15, 0.2) is 64.2 Å². The van der Waals surface area contributed by atoms with Gasteiger partial charge in [0, 0.05) is 32.2 Å². The summed E-state index contributed by atoms with van der Waals surface area (Å²) in [6.45, 7) is 2.00. The summed E-state index contributed by atoms with van der Waals surface area (Å²) in [7, 11) is 1.60. The fourth-order valence-corrected chi connectivity index (χ4v) is 4.22. The molecule has 0 atom stereocenters. The minimum Gasteiger partial charge on any atom is -0.338 e. The van der Waals surface area contributed by atoms with E-state index in [1.54, 1.807) is 25.2 Å². The van der Waals surface area contributed by atoms with Crippen LogP contribution >= 0.6 is 0 Å². The summed E-state index contributed by atoms with van der Waals surface area (Å²) in [5.41, 5.74) is 1.23. The van der Waals surface area contributed by atoms with E-state index in [-0.39, 0.29) is 6.54 Å². The highest BCUT2D eigenvalue weighted by Gasteiger charge is 2.26. The van der Waals surface area contributed by atoms with Crippen LogP contribution in [-0.2, 0) is 26.7 Å². The number of benzene rings is 2. The Kier molecular flexibility index (Phi) is 4.69. The summed E-state index contributed by atoms with van der Waals surface area (Å²) in [4.78, 5) is 33.1. The Morgan fingerprint density at radius 3 is 2.48 bits per heavy atom. The minimum absolute atomic E-state index is 0.123. The predicted molar refractivity (Wildman–Crippen MR) is 117 cm³/mol. The molecule has 0 saturated carbocycles. The highest BCUT2D eigenvalue weighted by atomic mass is 19.1. The van der Waals surface area contributed by atoms with E-state index in [0.717, 1.165) is 23.1 Å². The predicted octanol–water partition coefficient (Wildman–Crippen LogP) is 2.49. The van der Waals surface area contributed by atoms with Crippen LogP contribution in [0.1, 0.15) is 17.5 Å². The van der Waals surface area contributed by atoms with Crippen molar-refractivity contribution < 1.29 is 4.39 Å². The first-order valence-corrected chi connectivity index (χ1v) is 10.3. The summed E-state index contributed by atoms with van der Waals surface area (Å²) >= 11 is 0. The fourth-order valence-electron chi connectivity index (χ4n) is 4.22. The summed E-state index contributed by atoms with van der Waals surface area (Å²) in [6.07, 6.45) is 0.862. The average Bonchev–Trinajstić information content (AvgIpc) is 3.18. The van der Waals surface area contributed by atoms with Gasteiger partial charge in [-0.3, -0.25) is 13.9 Å². The lowest BCUT2D eigenvalue weighted by molar-refractivity contribution is 0.559. The zero-order valence-electron chi connectivity index (χ0n) is 17.2. The van der Waals surface area contributed by atoms with Crippen molar-refractivity contribution in [1.29, 1.82) is 0 Å². The Balaban J connectivity index is 1.65. The SMILES string of the molecule is Cn1c(=O)n(Cc2ccccc2F)c(=O)c2c1nc1n2CCCN1Cc1ccccc1. The van der Waals surface area contributed by atoms with E-state index < -0.39 is 17.1 Å². The second kappa shape index (κ2) is 7.54. The Labute approximate surface area is 177 Å². The van der Waals surface area contributed by atoms with Crippen molar-refractivity contribution in [2.75, 3.05) is 11.4 Å². The van der Waals surface area contributed by atoms with E-state index in [1.165, 1.54) is 10.6 Å². The van der Waals surface area contributed by atoms with Gasteiger partial charge in [-0.15, -0.1) is 0 Å². The molecule has 1 aliphatic heterocycles. The normalized spacial score (nSPS) is 13.5. The van der Waals surface area contributed by atoms with Crippen molar-refractivity contribution in [3.8, 4) is 0 Å². The van der Waals surface area contributed by atoms with Crippen LogP contribution in [0.3, 0.4) is 0 Å². The summed E-state index contributed by atoms with van der Waals surface area (Å²) in [6, 6.07) is 16.2. The molecule has 0 unspecified atom stereocenters. The maximum atomic E-state index is 14.2. The zero-order chi connectivity index (χ0) is 21.5. The Morgan fingerprint density at radius 2 is 1.71 bits per heavy atom. The lowest BCUT2D eigenvalue weighted by Gasteiger charge is -2.29. The quantitative estimate of drug-likeness (QED) is 0.510. The number of fused-ring (bicyclic) bond motifs is 3. The number of hydrogen-bond acceptors (Lipinski definition) is 4.